The highest BCUT2D eigenvalue weighted by Gasteiger charge is 2.14. The van der Waals surface area contributed by atoms with Gasteiger partial charge in [0.25, 0.3) is 0 Å². The summed E-state index contributed by atoms with van der Waals surface area (Å²) in [4.78, 5) is 22.7. The summed E-state index contributed by atoms with van der Waals surface area (Å²) in [6, 6.07) is 5.23. The van der Waals surface area contributed by atoms with Gasteiger partial charge in [-0.15, -0.1) is 0 Å². The maximum absolute atomic E-state index is 10.7. The first kappa shape index (κ1) is 14.5. The maximum atomic E-state index is 10.7. The van der Waals surface area contributed by atoms with Crippen molar-refractivity contribution in [3.05, 3.63) is 34.3 Å². The molecule has 0 spiro atoms. The van der Waals surface area contributed by atoms with E-state index >= 15 is 0 Å². The van der Waals surface area contributed by atoms with E-state index in [1.165, 1.54) is 4.90 Å². The summed E-state index contributed by atoms with van der Waals surface area (Å²) in [7, 11) is 0. The summed E-state index contributed by atoms with van der Waals surface area (Å²) < 4.78 is 0. The van der Waals surface area contributed by atoms with Gasteiger partial charge < -0.3 is 10.2 Å². The molecular formula is C12H14ClNO4. The summed E-state index contributed by atoms with van der Waals surface area (Å²) >= 11 is 5.82. The first-order valence-corrected chi connectivity index (χ1v) is 5.67. The molecule has 0 fully saturated rings. The van der Waals surface area contributed by atoms with E-state index < -0.39 is 11.9 Å². The van der Waals surface area contributed by atoms with Crippen LogP contribution < -0.4 is 0 Å². The Morgan fingerprint density at radius 1 is 1.22 bits per heavy atom. The van der Waals surface area contributed by atoms with Gasteiger partial charge >= 0.3 is 11.9 Å². The van der Waals surface area contributed by atoms with Gasteiger partial charge in [-0.3, -0.25) is 14.5 Å². The number of aliphatic carboxylic acids is 2. The molecule has 0 unspecified atom stereocenters. The molecule has 0 atom stereocenters. The molecule has 2 N–H and O–H groups in total. The van der Waals surface area contributed by atoms with Crippen molar-refractivity contribution in [2.75, 3.05) is 13.1 Å². The molecule has 98 valence electrons. The van der Waals surface area contributed by atoms with Gasteiger partial charge in [0, 0.05) is 11.6 Å². The maximum Gasteiger partial charge on any atom is 0.317 e. The number of halogens is 1. The molecule has 0 amide bonds. The topological polar surface area (TPSA) is 77.8 Å². The Balaban J connectivity index is 2.81. The number of rotatable bonds is 6. The average molecular weight is 272 g/mol. The Morgan fingerprint density at radius 3 is 2.22 bits per heavy atom. The van der Waals surface area contributed by atoms with Crippen molar-refractivity contribution in [3.8, 4) is 0 Å². The first-order valence-electron chi connectivity index (χ1n) is 5.29. The predicted octanol–water partition coefficient (Wildman–Crippen LogP) is 1.62. The second-order valence-corrected chi connectivity index (χ2v) is 4.44. The van der Waals surface area contributed by atoms with Crippen LogP contribution in [-0.2, 0) is 16.1 Å². The Labute approximate surface area is 110 Å². The van der Waals surface area contributed by atoms with Crippen LogP contribution in [0.1, 0.15) is 11.1 Å². The standard InChI is InChI=1S/C12H14ClNO4/c1-8-4-10(13)3-2-9(8)5-14(6-11(15)16)7-12(17)18/h2-4H,5-7H2,1H3,(H,15,16)(H,17,18). The molecule has 0 saturated heterocycles. The monoisotopic (exact) mass is 271 g/mol. The van der Waals surface area contributed by atoms with Crippen molar-refractivity contribution in [1.82, 2.24) is 4.90 Å². The highest BCUT2D eigenvalue weighted by atomic mass is 35.5. The molecule has 0 bridgehead atoms. The molecule has 0 aliphatic carbocycles. The van der Waals surface area contributed by atoms with E-state index in [1.54, 1.807) is 18.2 Å². The quantitative estimate of drug-likeness (QED) is 0.822. The second kappa shape index (κ2) is 6.37. The number of carbonyl (C=O) groups is 2. The zero-order valence-electron chi connectivity index (χ0n) is 9.89. The van der Waals surface area contributed by atoms with Crippen molar-refractivity contribution in [2.45, 2.75) is 13.5 Å². The van der Waals surface area contributed by atoms with Gasteiger partial charge in [-0.25, -0.2) is 0 Å². The minimum absolute atomic E-state index is 0.265. The predicted molar refractivity (Wildman–Crippen MR) is 66.7 cm³/mol. The van der Waals surface area contributed by atoms with Gasteiger partial charge in [-0.2, -0.15) is 0 Å². The largest absolute Gasteiger partial charge is 0.480 e. The van der Waals surface area contributed by atoms with Crippen LogP contribution in [0.4, 0.5) is 0 Å². The van der Waals surface area contributed by atoms with E-state index in [9.17, 15) is 9.59 Å². The third-order valence-corrected chi connectivity index (χ3v) is 2.65. The third-order valence-electron chi connectivity index (χ3n) is 2.42. The highest BCUT2D eigenvalue weighted by molar-refractivity contribution is 6.30. The highest BCUT2D eigenvalue weighted by Crippen LogP contribution is 2.16. The van der Waals surface area contributed by atoms with Crippen LogP contribution >= 0.6 is 11.6 Å². The first-order chi connectivity index (χ1) is 8.38. The van der Waals surface area contributed by atoms with Crippen LogP contribution in [0.25, 0.3) is 0 Å². The third kappa shape index (κ3) is 4.73. The number of benzene rings is 1. The van der Waals surface area contributed by atoms with Gasteiger partial charge in [0.15, 0.2) is 0 Å². The van der Waals surface area contributed by atoms with Gasteiger partial charge in [0.2, 0.25) is 0 Å². The molecule has 1 rings (SSSR count). The van der Waals surface area contributed by atoms with Crippen LogP contribution in [0.5, 0.6) is 0 Å². The van der Waals surface area contributed by atoms with E-state index in [-0.39, 0.29) is 19.6 Å². The smallest absolute Gasteiger partial charge is 0.317 e. The zero-order valence-corrected chi connectivity index (χ0v) is 10.6. The SMILES string of the molecule is Cc1cc(Cl)ccc1CN(CC(=O)O)CC(=O)O. The molecule has 1 aromatic carbocycles. The molecular weight excluding hydrogens is 258 g/mol. The summed E-state index contributed by atoms with van der Waals surface area (Å²) in [6.45, 7) is 1.49. The fourth-order valence-electron chi connectivity index (χ4n) is 1.63. The lowest BCUT2D eigenvalue weighted by molar-refractivity contribution is -0.142. The Kier molecular flexibility index (Phi) is 5.12. The molecule has 6 heteroatoms. The summed E-state index contributed by atoms with van der Waals surface area (Å²) in [5.41, 5.74) is 1.77. The molecule has 0 aromatic heterocycles. The molecule has 0 aliphatic rings. The lowest BCUT2D eigenvalue weighted by Gasteiger charge is -2.19. The van der Waals surface area contributed by atoms with Gasteiger partial charge in [0.1, 0.15) is 0 Å². The van der Waals surface area contributed by atoms with E-state index in [0.29, 0.717) is 5.02 Å². The minimum Gasteiger partial charge on any atom is -0.480 e. The van der Waals surface area contributed by atoms with Gasteiger partial charge in [0.05, 0.1) is 13.1 Å². The number of carboxylic acids is 2. The Bertz CT molecular complexity index is 445. The van der Waals surface area contributed by atoms with Crippen LogP contribution in [0.15, 0.2) is 18.2 Å². The van der Waals surface area contributed by atoms with Crippen molar-refractivity contribution in [2.24, 2.45) is 0 Å². The van der Waals surface area contributed by atoms with Crippen molar-refractivity contribution >= 4 is 23.5 Å². The summed E-state index contributed by atoms with van der Waals surface area (Å²) in [5, 5.41) is 18.1. The second-order valence-electron chi connectivity index (χ2n) is 4.00. The molecule has 18 heavy (non-hydrogen) atoms. The van der Waals surface area contributed by atoms with Gasteiger partial charge in [-0.1, -0.05) is 17.7 Å². The Morgan fingerprint density at radius 2 is 1.78 bits per heavy atom. The van der Waals surface area contributed by atoms with Crippen LogP contribution in [-0.4, -0.2) is 40.1 Å². The summed E-state index contributed by atoms with van der Waals surface area (Å²) in [6.07, 6.45) is 0. The van der Waals surface area contributed by atoms with Crippen LogP contribution in [0.2, 0.25) is 5.02 Å². The normalized spacial score (nSPS) is 10.6. The zero-order chi connectivity index (χ0) is 13.7. The Hall–Kier alpha value is -1.59. The van der Waals surface area contributed by atoms with Crippen LogP contribution in [0, 0.1) is 6.92 Å². The molecule has 1 aromatic rings. The van der Waals surface area contributed by atoms with E-state index in [0.717, 1.165) is 11.1 Å². The average Bonchev–Trinajstić information content (AvgIpc) is 2.20. The van der Waals surface area contributed by atoms with E-state index in [2.05, 4.69) is 0 Å². The lowest BCUT2D eigenvalue weighted by atomic mass is 10.1. The fraction of sp³-hybridized carbons (Fsp3) is 0.333. The van der Waals surface area contributed by atoms with Crippen molar-refractivity contribution < 1.29 is 19.8 Å². The number of hydrogen-bond acceptors (Lipinski definition) is 3. The molecule has 0 heterocycles. The van der Waals surface area contributed by atoms with E-state index in [1.807, 2.05) is 6.92 Å². The van der Waals surface area contributed by atoms with Gasteiger partial charge in [-0.05, 0) is 30.2 Å². The molecule has 5 nitrogen and oxygen atoms in total. The van der Waals surface area contributed by atoms with Crippen molar-refractivity contribution in [3.63, 3.8) is 0 Å². The number of carboxylic acid groups (broad SMARTS) is 2. The molecule has 0 aliphatic heterocycles. The van der Waals surface area contributed by atoms with Crippen LogP contribution in [0.3, 0.4) is 0 Å². The number of hydrogen-bond donors (Lipinski definition) is 2. The molecule has 0 radical (unpaired) electrons. The van der Waals surface area contributed by atoms with Crippen molar-refractivity contribution in [1.29, 1.82) is 0 Å². The number of nitrogens with zero attached hydrogens (tertiary/aromatic N) is 1. The molecule has 0 saturated carbocycles. The number of aryl methyl sites for hydroxylation is 1. The van der Waals surface area contributed by atoms with E-state index in [4.69, 9.17) is 21.8 Å². The summed E-state index contributed by atoms with van der Waals surface area (Å²) in [5.74, 6) is -2.11. The lowest BCUT2D eigenvalue weighted by Crippen LogP contribution is -2.34. The fourth-order valence-corrected chi connectivity index (χ4v) is 1.85. The minimum atomic E-state index is -1.05.